The van der Waals surface area contributed by atoms with Gasteiger partial charge in [-0.3, -0.25) is 4.99 Å². The minimum absolute atomic E-state index is 0.0268. The SMILES string of the molecule is Cc1cc(S(N)(=O)=O)cc(N=Cc2cc(Cl)cc(Cl)c2O)c1C. The zero-order chi connectivity index (χ0) is 17.4. The summed E-state index contributed by atoms with van der Waals surface area (Å²) in [6.45, 7) is 3.57. The smallest absolute Gasteiger partial charge is 0.238 e. The Labute approximate surface area is 144 Å². The van der Waals surface area contributed by atoms with Crippen molar-refractivity contribution in [2.24, 2.45) is 10.1 Å². The molecule has 0 unspecified atom stereocenters. The summed E-state index contributed by atoms with van der Waals surface area (Å²) >= 11 is 11.7. The van der Waals surface area contributed by atoms with Gasteiger partial charge >= 0.3 is 0 Å². The number of phenolic OH excluding ortho intramolecular Hbond substituents is 1. The quantitative estimate of drug-likeness (QED) is 0.804. The third kappa shape index (κ3) is 4.03. The molecule has 0 aliphatic rings. The summed E-state index contributed by atoms with van der Waals surface area (Å²) < 4.78 is 23.0. The third-order valence-electron chi connectivity index (χ3n) is 3.34. The van der Waals surface area contributed by atoms with Gasteiger partial charge in [-0.2, -0.15) is 0 Å². The van der Waals surface area contributed by atoms with E-state index in [1.165, 1.54) is 30.5 Å². The lowest BCUT2D eigenvalue weighted by molar-refractivity contribution is 0.475. The molecule has 0 saturated carbocycles. The van der Waals surface area contributed by atoms with E-state index in [9.17, 15) is 13.5 Å². The molecule has 2 rings (SSSR count). The number of aryl methyl sites for hydroxylation is 1. The second kappa shape index (κ2) is 6.49. The Balaban J connectivity index is 2.54. The van der Waals surface area contributed by atoms with Gasteiger partial charge in [0.25, 0.3) is 0 Å². The number of sulfonamides is 1. The zero-order valence-electron chi connectivity index (χ0n) is 12.3. The first-order chi connectivity index (χ1) is 10.6. The van der Waals surface area contributed by atoms with Crippen molar-refractivity contribution in [3.63, 3.8) is 0 Å². The van der Waals surface area contributed by atoms with Crippen molar-refractivity contribution >= 4 is 45.1 Å². The van der Waals surface area contributed by atoms with Gasteiger partial charge in [-0.1, -0.05) is 23.2 Å². The minimum Gasteiger partial charge on any atom is -0.506 e. The van der Waals surface area contributed by atoms with Crippen LogP contribution in [-0.4, -0.2) is 19.7 Å². The van der Waals surface area contributed by atoms with Crippen LogP contribution in [0.25, 0.3) is 0 Å². The number of hydrogen-bond acceptors (Lipinski definition) is 4. The molecule has 0 bridgehead atoms. The van der Waals surface area contributed by atoms with E-state index in [0.29, 0.717) is 16.3 Å². The van der Waals surface area contributed by atoms with Crippen LogP contribution < -0.4 is 5.14 Å². The van der Waals surface area contributed by atoms with Crippen LogP contribution in [0.4, 0.5) is 5.69 Å². The van der Waals surface area contributed by atoms with Crippen molar-refractivity contribution in [3.05, 3.63) is 51.0 Å². The molecule has 2 aromatic rings. The molecule has 0 radical (unpaired) electrons. The number of nitrogens with zero attached hydrogens (tertiary/aromatic N) is 1. The number of phenols is 1. The molecule has 3 N–H and O–H groups in total. The summed E-state index contributed by atoms with van der Waals surface area (Å²) in [6, 6.07) is 5.76. The Morgan fingerprint density at radius 3 is 2.43 bits per heavy atom. The van der Waals surface area contributed by atoms with Gasteiger partial charge in [0.2, 0.25) is 10.0 Å². The number of halogens is 2. The molecule has 122 valence electrons. The molecule has 0 aliphatic heterocycles. The molecule has 0 aromatic heterocycles. The van der Waals surface area contributed by atoms with E-state index in [4.69, 9.17) is 28.3 Å². The van der Waals surface area contributed by atoms with Gasteiger partial charge in [0.1, 0.15) is 5.75 Å². The van der Waals surface area contributed by atoms with Crippen LogP contribution in [-0.2, 0) is 10.0 Å². The molecule has 0 atom stereocenters. The predicted octanol–water partition coefficient (Wildman–Crippen LogP) is 3.71. The molecular formula is C15H14Cl2N2O3S. The summed E-state index contributed by atoms with van der Waals surface area (Å²) in [6.07, 6.45) is 1.36. The summed E-state index contributed by atoms with van der Waals surface area (Å²) in [5.41, 5.74) is 2.27. The van der Waals surface area contributed by atoms with Crippen molar-refractivity contribution in [3.8, 4) is 5.75 Å². The van der Waals surface area contributed by atoms with E-state index in [1.54, 1.807) is 13.8 Å². The summed E-state index contributed by atoms with van der Waals surface area (Å²) in [4.78, 5) is 4.21. The van der Waals surface area contributed by atoms with E-state index in [-0.39, 0.29) is 15.7 Å². The fourth-order valence-corrected chi connectivity index (χ4v) is 3.06. The van der Waals surface area contributed by atoms with Crippen molar-refractivity contribution in [1.29, 1.82) is 0 Å². The first-order valence-electron chi connectivity index (χ1n) is 6.45. The largest absolute Gasteiger partial charge is 0.506 e. The molecule has 2 aromatic carbocycles. The second-order valence-electron chi connectivity index (χ2n) is 5.01. The highest BCUT2D eigenvalue weighted by Gasteiger charge is 2.12. The Morgan fingerprint density at radius 1 is 1.17 bits per heavy atom. The summed E-state index contributed by atoms with van der Waals surface area (Å²) in [7, 11) is -3.83. The minimum atomic E-state index is -3.83. The van der Waals surface area contributed by atoms with Gasteiger partial charge in [0.05, 0.1) is 15.6 Å². The number of nitrogens with two attached hydrogens (primary N) is 1. The molecule has 0 saturated heterocycles. The fraction of sp³-hybridized carbons (Fsp3) is 0.133. The van der Waals surface area contributed by atoms with E-state index in [1.807, 2.05) is 0 Å². The predicted molar refractivity (Wildman–Crippen MR) is 92.7 cm³/mol. The Kier molecular flexibility index (Phi) is 5.01. The van der Waals surface area contributed by atoms with Crippen LogP contribution in [0.5, 0.6) is 5.75 Å². The molecule has 8 heteroatoms. The van der Waals surface area contributed by atoms with Crippen LogP contribution in [0.2, 0.25) is 10.0 Å². The highest BCUT2D eigenvalue weighted by molar-refractivity contribution is 7.89. The average Bonchev–Trinajstić information content (AvgIpc) is 2.43. The Hall–Kier alpha value is -1.60. The topological polar surface area (TPSA) is 92.8 Å². The lowest BCUT2D eigenvalue weighted by atomic mass is 10.1. The lowest BCUT2D eigenvalue weighted by Gasteiger charge is -2.08. The van der Waals surface area contributed by atoms with E-state index in [2.05, 4.69) is 4.99 Å². The number of primary sulfonamides is 1. The first-order valence-corrected chi connectivity index (χ1v) is 8.76. The number of rotatable bonds is 3. The molecular weight excluding hydrogens is 359 g/mol. The molecule has 23 heavy (non-hydrogen) atoms. The van der Waals surface area contributed by atoms with Crippen molar-refractivity contribution < 1.29 is 13.5 Å². The fourth-order valence-electron chi connectivity index (χ4n) is 1.93. The van der Waals surface area contributed by atoms with Crippen LogP contribution in [0.1, 0.15) is 16.7 Å². The number of aromatic hydroxyl groups is 1. The zero-order valence-corrected chi connectivity index (χ0v) is 14.7. The molecule has 0 spiro atoms. The van der Waals surface area contributed by atoms with Crippen molar-refractivity contribution in [2.45, 2.75) is 18.7 Å². The normalized spacial score (nSPS) is 12.0. The summed E-state index contributed by atoms with van der Waals surface area (Å²) in [5, 5.41) is 15.5. The van der Waals surface area contributed by atoms with Crippen LogP contribution in [0.15, 0.2) is 34.2 Å². The highest BCUT2D eigenvalue weighted by atomic mass is 35.5. The average molecular weight is 373 g/mol. The van der Waals surface area contributed by atoms with Crippen LogP contribution >= 0.6 is 23.2 Å². The maximum absolute atomic E-state index is 11.5. The van der Waals surface area contributed by atoms with Gasteiger partial charge in [-0.15, -0.1) is 0 Å². The third-order valence-corrected chi connectivity index (χ3v) is 4.74. The van der Waals surface area contributed by atoms with Gasteiger partial charge in [-0.05, 0) is 49.2 Å². The maximum atomic E-state index is 11.5. The lowest BCUT2D eigenvalue weighted by Crippen LogP contribution is -2.12. The van der Waals surface area contributed by atoms with Gasteiger partial charge < -0.3 is 5.11 Å². The molecule has 0 amide bonds. The molecule has 0 aliphatic carbocycles. The van der Waals surface area contributed by atoms with E-state index >= 15 is 0 Å². The standard InChI is InChI=1S/C15H14Cl2N2O3S/c1-8-3-12(23(18,21)22)6-14(9(8)2)19-7-10-4-11(16)5-13(17)15(10)20/h3-7,20H,1-2H3,(H2,18,21,22). The summed E-state index contributed by atoms with van der Waals surface area (Å²) in [5.74, 6) is -0.156. The first kappa shape index (κ1) is 17.7. The molecule has 0 heterocycles. The van der Waals surface area contributed by atoms with Crippen LogP contribution in [0, 0.1) is 13.8 Å². The van der Waals surface area contributed by atoms with E-state index in [0.717, 1.165) is 11.1 Å². The van der Waals surface area contributed by atoms with Crippen molar-refractivity contribution in [1.82, 2.24) is 0 Å². The van der Waals surface area contributed by atoms with Gasteiger partial charge in [0, 0.05) is 16.8 Å². The van der Waals surface area contributed by atoms with Gasteiger partial charge in [0.15, 0.2) is 0 Å². The Bertz CT molecular complexity index is 909. The monoisotopic (exact) mass is 372 g/mol. The molecule has 0 fully saturated rings. The highest BCUT2D eigenvalue weighted by Crippen LogP contribution is 2.31. The number of benzene rings is 2. The van der Waals surface area contributed by atoms with Gasteiger partial charge in [-0.25, -0.2) is 13.6 Å². The second-order valence-corrected chi connectivity index (χ2v) is 7.42. The Morgan fingerprint density at radius 2 is 1.83 bits per heavy atom. The number of aliphatic imine (C=N–C) groups is 1. The van der Waals surface area contributed by atoms with Crippen LogP contribution in [0.3, 0.4) is 0 Å². The molecule has 5 nitrogen and oxygen atoms in total. The van der Waals surface area contributed by atoms with Crippen molar-refractivity contribution in [2.75, 3.05) is 0 Å². The number of hydrogen-bond donors (Lipinski definition) is 2. The van der Waals surface area contributed by atoms with E-state index < -0.39 is 10.0 Å². The maximum Gasteiger partial charge on any atom is 0.238 e.